The number of nitrogens with one attached hydrogen (secondary N) is 4. The summed E-state index contributed by atoms with van der Waals surface area (Å²) in [6.45, 7) is 6.24. The number of nitrogen functional groups attached to an aromatic ring is 1. The van der Waals surface area contributed by atoms with Crippen LogP contribution in [0.4, 0.5) is 5.82 Å². The van der Waals surface area contributed by atoms with Crippen LogP contribution in [-0.2, 0) is 16.0 Å². The lowest BCUT2D eigenvalue weighted by Crippen LogP contribution is -2.33. The second kappa shape index (κ2) is 15.9. The van der Waals surface area contributed by atoms with Crippen molar-refractivity contribution in [3.05, 3.63) is 87.9 Å². The van der Waals surface area contributed by atoms with Gasteiger partial charge in [0, 0.05) is 25.0 Å². The van der Waals surface area contributed by atoms with Gasteiger partial charge in [-0.2, -0.15) is 0 Å². The molecule has 0 radical (unpaired) electrons. The summed E-state index contributed by atoms with van der Waals surface area (Å²) >= 11 is 0. The maximum atomic E-state index is 11.1. The van der Waals surface area contributed by atoms with Gasteiger partial charge in [0.25, 0.3) is 11.1 Å². The summed E-state index contributed by atoms with van der Waals surface area (Å²) in [5.41, 5.74) is 2.67. The van der Waals surface area contributed by atoms with E-state index in [0.29, 0.717) is 6.54 Å². The van der Waals surface area contributed by atoms with Crippen molar-refractivity contribution >= 4 is 17.8 Å². The Kier molecular flexibility index (Phi) is 12.9. The van der Waals surface area contributed by atoms with E-state index in [0.717, 1.165) is 25.2 Å². The standard InChI is InChI=1S/C8H12N2O2.C7H9N3O3.C7H8N2O4/c1-2-3-6-10-7(11)4-5-9-8(10)12;1-2-13-6(11)4-3-9-7(12)10-5(4)8;1-2-13-6(11)4-3-8-7(12)9-5(4)10/h4-5H,2-3,6H2,1H3,(H,9,12);3H,2H2,1H3,(H3,8,9,10,12);3H,2H2,1H3,(H2,8,9,10,12). The van der Waals surface area contributed by atoms with Gasteiger partial charge >= 0.3 is 29.0 Å². The van der Waals surface area contributed by atoms with Crippen LogP contribution >= 0.6 is 0 Å². The molecule has 0 unspecified atom stereocenters. The van der Waals surface area contributed by atoms with Crippen molar-refractivity contribution in [1.29, 1.82) is 0 Å². The Labute approximate surface area is 213 Å². The average Bonchev–Trinajstić information content (AvgIpc) is 2.85. The molecule has 0 aliphatic heterocycles. The third kappa shape index (κ3) is 9.92. The first-order chi connectivity index (χ1) is 18.0. The third-order valence-corrected chi connectivity index (χ3v) is 4.33. The minimum atomic E-state index is -0.750. The molecule has 0 saturated heterocycles. The van der Waals surface area contributed by atoms with Crippen molar-refractivity contribution in [2.24, 2.45) is 0 Å². The number of aromatic amines is 4. The van der Waals surface area contributed by atoms with E-state index in [1.807, 2.05) is 11.9 Å². The molecular formula is C22H29N7O9. The molecule has 3 aromatic rings. The number of unbranched alkanes of at least 4 members (excludes halogenated alkanes) is 1. The summed E-state index contributed by atoms with van der Waals surface area (Å²) in [7, 11) is 0. The number of ether oxygens (including phenoxy) is 2. The topological polar surface area (TPSA) is 245 Å². The molecule has 16 heteroatoms. The SMILES string of the molecule is CCCCn1c(=O)cc[nH]c1=O.CCOC(=O)c1c[nH]c(=O)[nH]c1=O.CCOC(=O)c1cnc(=O)[nH]c1N. The molecule has 0 fully saturated rings. The fraction of sp³-hybridized carbons (Fsp3) is 0.364. The molecule has 6 N–H and O–H groups in total. The van der Waals surface area contributed by atoms with Gasteiger partial charge in [-0.3, -0.25) is 24.1 Å². The zero-order valence-electron chi connectivity index (χ0n) is 21.0. The predicted octanol–water partition coefficient (Wildman–Crippen LogP) is -0.895. The fourth-order valence-corrected chi connectivity index (χ4v) is 2.53. The number of aromatic nitrogens is 6. The lowest BCUT2D eigenvalue weighted by atomic mass is 10.3. The lowest BCUT2D eigenvalue weighted by Gasteiger charge is -2.02. The highest BCUT2D eigenvalue weighted by molar-refractivity contribution is 5.93. The summed E-state index contributed by atoms with van der Waals surface area (Å²) in [5.74, 6) is -1.37. The maximum Gasteiger partial charge on any atom is 0.346 e. The number of hydrogen-bond donors (Lipinski definition) is 5. The summed E-state index contributed by atoms with van der Waals surface area (Å²) in [4.78, 5) is 88.5. The van der Waals surface area contributed by atoms with Crippen molar-refractivity contribution in [2.75, 3.05) is 18.9 Å². The van der Waals surface area contributed by atoms with Gasteiger partial charge in [0.15, 0.2) is 0 Å². The number of esters is 2. The molecule has 38 heavy (non-hydrogen) atoms. The number of anilines is 1. The van der Waals surface area contributed by atoms with Crippen molar-refractivity contribution in [3.8, 4) is 0 Å². The van der Waals surface area contributed by atoms with Crippen LogP contribution < -0.4 is 33.9 Å². The van der Waals surface area contributed by atoms with E-state index < -0.39 is 28.9 Å². The molecule has 206 valence electrons. The maximum absolute atomic E-state index is 11.1. The summed E-state index contributed by atoms with van der Waals surface area (Å²) in [5, 5.41) is 0. The van der Waals surface area contributed by atoms with Gasteiger partial charge in [-0.15, -0.1) is 0 Å². The first-order valence-electron chi connectivity index (χ1n) is 11.3. The Bertz CT molecular complexity index is 1470. The molecule has 0 bridgehead atoms. The normalized spacial score (nSPS) is 9.76. The van der Waals surface area contributed by atoms with Gasteiger partial charge in [-0.1, -0.05) is 13.3 Å². The van der Waals surface area contributed by atoms with Gasteiger partial charge in [0.05, 0.1) is 19.4 Å². The second-order valence-electron chi connectivity index (χ2n) is 7.07. The fourth-order valence-electron chi connectivity index (χ4n) is 2.53. The first-order valence-corrected chi connectivity index (χ1v) is 11.3. The van der Waals surface area contributed by atoms with E-state index in [1.54, 1.807) is 13.8 Å². The Morgan fingerprint density at radius 2 is 1.58 bits per heavy atom. The van der Waals surface area contributed by atoms with Crippen molar-refractivity contribution in [3.63, 3.8) is 0 Å². The molecule has 0 atom stereocenters. The molecular weight excluding hydrogens is 506 g/mol. The smallest absolute Gasteiger partial charge is 0.346 e. The Morgan fingerprint density at radius 1 is 0.947 bits per heavy atom. The van der Waals surface area contributed by atoms with Crippen LogP contribution in [0.15, 0.2) is 48.6 Å². The molecule has 0 aliphatic carbocycles. The van der Waals surface area contributed by atoms with Crippen molar-refractivity contribution < 1.29 is 19.1 Å². The summed E-state index contributed by atoms with van der Waals surface area (Å²) < 4.78 is 10.4. The highest BCUT2D eigenvalue weighted by Gasteiger charge is 2.12. The number of nitrogens with two attached hydrogens (primary N) is 1. The van der Waals surface area contributed by atoms with Crippen LogP contribution in [0.25, 0.3) is 0 Å². The molecule has 3 rings (SSSR count). The Hall–Kier alpha value is -5.02. The number of rotatable bonds is 7. The number of H-pyrrole nitrogens is 4. The average molecular weight is 536 g/mol. The van der Waals surface area contributed by atoms with Crippen LogP contribution in [0.3, 0.4) is 0 Å². The molecule has 3 aromatic heterocycles. The van der Waals surface area contributed by atoms with Gasteiger partial charge in [-0.25, -0.2) is 29.0 Å². The molecule has 0 amide bonds. The van der Waals surface area contributed by atoms with Crippen LogP contribution in [-0.4, -0.2) is 54.6 Å². The number of carbonyl (C=O) groups excluding carboxylic acids is 2. The number of hydrogen-bond acceptors (Lipinski definition) is 11. The van der Waals surface area contributed by atoms with Gasteiger partial charge in [0.1, 0.15) is 16.9 Å². The molecule has 16 nitrogen and oxygen atoms in total. The van der Waals surface area contributed by atoms with Crippen LogP contribution in [0.2, 0.25) is 0 Å². The van der Waals surface area contributed by atoms with Crippen LogP contribution in [0.1, 0.15) is 54.3 Å². The van der Waals surface area contributed by atoms with E-state index in [1.165, 1.54) is 16.8 Å². The molecule has 0 saturated carbocycles. The molecule has 0 aliphatic rings. The van der Waals surface area contributed by atoms with Gasteiger partial charge in [0.2, 0.25) is 0 Å². The Morgan fingerprint density at radius 3 is 2.11 bits per heavy atom. The van der Waals surface area contributed by atoms with Gasteiger partial charge in [-0.05, 0) is 20.3 Å². The van der Waals surface area contributed by atoms with E-state index in [4.69, 9.17) is 5.73 Å². The molecule has 3 heterocycles. The second-order valence-corrected chi connectivity index (χ2v) is 7.07. The minimum absolute atomic E-state index is 0.0292. The predicted molar refractivity (Wildman–Crippen MR) is 135 cm³/mol. The van der Waals surface area contributed by atoms with Crippen molar-refractivity contribution in [1.82, 2.24) is 29.5 Å². The number of nitrogens with zero attached hydrogens (tertiary/aromatic N) is 2. The van der Waals surface area contributed by atoms with E-state index >= 15 is 0 Å². The van der Waals surface area contributed by atoms with E-state index in [2.05, 4.69) is 29.4 Å². The number of carbonyl (C=O) groups is 2. The quantitative estimate of drug-likeness (QED) is 0.232. The van der Waals surface area contributed by atoms with E-state index in [9.17, 15) is 33.6 Å². The van der Waals surface area contributed by atoms with Crippen LogP contribution in [0, 0.1) is 0 Å². The first kappa shape index (κ1) is 31.0. The largest absolute Gasteiger partial charge is 0.462 e. The van der Waals surface area contributed by atoms with Crippen molar-refractivity contribution in [2.45, 2.75) is 40.2 Å². The zero-order chi connectivity index (χ0) is 28.7. The zero-order valence-corrected chi connectivity index (χ0v) is 21.0. The minimum Gasteiger partial charge on any atom is -0.462 e. The summed E-state index contributed by atoms with van der Waals surface area (Å²) in [6, 6.07) is 1.36. The van der Waals surface area contributed by atoms with Crippen LogP contribution in [0.5, 0.6) is 0 Å². The highest BCUT2D eigenvalue weighted by Crippen LogP contribution is 2.04. The Balaban J connectivity index is 0.000000285. The van der Waals surface area contributed by atoms with E-state index in [-0.39, 0.29) is 41.4 Å². The van der Waals surface area contributed by atoms with Gasteiger partial charge < -0.3 is 25.2 Å². The lowest BCUT2D eigenvalue weighted by molar-refractivity contribution is 0.0515. The molecule has 0 aromatic carbocycles. The highest BCUT2D eigenvalue weighted by atomic mass is 16.5. The third-order valence-electron chi connectivity index (χ3n) is 4.33. The molecule has 0 spiro atoms. The summed E-state index contributed by atoms with van der Waals surface area (Å²) in [6.07, 6.45) is 5.31. The monoisotopic (exact) mass is 535 g/mol.